The van der Waals surface area contributed by atoms with Crippen molar-refractivity contribution in [2.24, 2.45) is 0 Å². The lowest BCUT2D eigenvalue weighted by atomic mass is 10.2. The lowest BCUT2D eigenvalue weighted by Gasteiger charge is -2.28. The molecule has 0 spiro atoms. The number of hydrogen-bond acceptors (Lipinski definition) is 4. The number of likely N-dealkylation sites (N-methyl/N-ethyl adjacent to an activating group) is 2. The molecule has 127 valence electrons. The molecule has 0 fully saturated rings. The fourth-order valence-corrected chi connectivity index (χ4v) is 1.87. The maximum atomic E-state index is 12.4. The highest BCUT2D eigenvalue weighted by atomic mass is 16.2. The number of imide groups is 1. The van der Waals surface area contributed by atoms with Crippen LogP contribution in [0.2, 0.25) is 0 Å². The molecule has 0 aliphatic carbocycles. The van der Waals surface area contributed by atoms with Crippen molar-refractivity contribution in [1.82, 2.24) is 15.1 Å². The standard InChI is InChI=1S/C17H20N3O4/c1-13(16(23)18-2)19(3)17(24)20(11-12-21)15(22)10-9-14-7-5-4-6-8-14/h4-10,13H,11H2,1-3H3,(H,18,23)/b10-9+. The van der Waals surface area contributed by atoms with Gasteiger partial charge in [0.2, 0.25) is 12.2 Å². The summed E-state index contributed by atoms with van der Waals surface area (Å²) in [5, 5.41) is 2.42. The molecular formula is C17H20N3O4. The number of amides is 4. The van der Waals surface area contributed by atoms with Crippen molar-refractivity contribution in [3.8, 4) is 0 Å². The van der Waals surface area contributed by atoms with Crippen molar-refractivity contribution >= 4 is 30.2 Å². The second-order valence-corrected chi connectivity index (χ2v) is 5.00. The van der Waals surface area contributed by atoms with E-state index in [1.807, 2.05) is 18.2 Å². The van der Waals surface area contributed by atoms with Crippen LogP contribution in [-0.2, 0) is 14.4 Å². The number of nitrogens with one attached hydrogen (secondary N) is 1. The minimum atomic E-state index is -0.789. The third-order valence-electron chi connectivity index (χ3n) is 3.45. The van der Waals surface area contributed by atoms with Crippen molar-refractivity contribution in [2.75, 3.05) is 20.6 Å². The predicted molar refractivity (Wildman–Crippen MR) is 89.6 cm³/mol. The Morgan fingerprint density at radius 3 is 2.42 bits per heavy atom. The first-order valence-corrected chi connectivity index (χ1v) is 7.30. The Bertz CT molecular complexity index is 628. The first-order valence-electron chi connectivity index (χ1n) is 7.30. The summed E-state index contributed by atoms with van der Waals surface area (Å²) in [6.07, 6.45) is 4.27. The number of carbonyl (C=O) groups excluding carboxylic acids is 4. The van der Waals surface area contributed by atoms with Crippen LogP contribution in [0.15, 0.2) is 36.4 Å². The van der Waals surface area contributed by atoms with E-state index in [2.05, 4.69) is 5.32 Å². The van der Waals surface area contributed by atoms with Crippen LogP contribution in [0.25, 0.3) is 6.08 Å². The number of nitrogens with zero attached hydrogens (tertiary/aromatic N) is 2. The van der Waals surface area contributed by atoms with Gasteiger partial charge in [0.05, 0.1) is 6.54 Å². The molecule has 7 nitrogen and oxygen atoms in total. The van der Waals surface area contributed by atoms with E-state index in [-0.39, 0.29) is 5.91 Å². The number of urea groups is 1. The largest absolute Gasteiger partial charge is 0.357 e. The highest BCUT2D eigenvalue weighted by Crippen LogP contribution is 2.06. The molecule has 1 aromatic carbocycles. The van der Waals surface area contributed by atoms with Gasteiger partial charge in [0, 0.05) is 20.2 Å². The van der Waals surface area contributed by atoms with Crippen LogP contribution < -0.4 is 5.32 Å². The molecule has 0 aliphatic rings. The number of benzene rings is 1. The van der Waals surface area contributed by atoms with Crippen LogP contribution in [0.5, 0.6) is 0 Å². The zero-order valence-corrected chi connectivity index (χ0v) is 13.9. The molecule has 0 saturated carbocycles. The van der Waals surface area contributed by atoms with Gasteiger partial charge in [0.15, 0.2) is 0 Å². The molecule has 0 aliphatic heterocycles. The second kappa shape index (κ2) is 9.24. The average molecular weight is 330 g/mol. The molecule has 0 aromatic heterocycles. The minimum absolute atomic E-state index is 0.381. The monoisotopic (exact) mass is 330 g/mol. The van der Waals surface area contributed by atoms with E-state index in [9.17, 15) is 19.2 Å². The second-order valence-electron chi connectivity index (χ2n) is 5.00. The molecule has 24 heavy (non-hydrogen) atoms. The van der Waals surface area contributed by atoms with Gasteiger partial charge in [-0.25, -0.2) is 4.79 Å². The summed E-state index contributed by atoms with van der Waals surface area (Å²) in [6.45, 7) is 1.01. The molecule has 1 rings (SSSR count). The van der Waals surface area contributed by atoms with Crippen LogP contribution in [0.3, 0.4) is 0 Å². The Kier molecular flexibility index (Phi) is 7.35. The topological polar surface area (TPSA) is 86.8 Å². The molecule has 1 aromatic rings. The number of rotatable bonds is 6. The lowest BCUT2D eigenvalue weighted by molar-refractivity contribution is -0.126. The van der Waals surface area contributed by atoms with E-state index in [4.69, 9.17) is 0 Å². The van der Waals surface area contributed by atoms with Crippen molar-refractivity contribution < 1.29 is 19.2 Å². The molecule has 4 amide bonds. The van der Waals surface area contributed by atoms with Gasteiger partial charge in [0.1, 0.15) is 6.04 Å². The van der Waals surface area contributed by atoms with Gasteiger partial charge in [-0.1, -0.05) is 30.3 Å². The van der Waals surface area contributed by atoms with Gasteiger partial charge in [-0.15, -0.1) is 0 Å². The summed E-state index contributed by atoms with van der Waals surface area (Å²) in [7, 11) is 2.83. The van der Waals surface area contributed by atoms with Crippen LogP contribution in [0.1, 0.15) is 12.5 Å². The molecule has 1 atom stereocenters. The Hall–Kier alpha value is -2.96. The van der Waals surface area contributed by atoms with Crippen LogP contribution in [0, 0.1) is 0 Å². The summed E-state index contributed by atoms with van der Waals surface area (Å²) in [6, 6.07) is 7.50. The maximum absolute atomic E-state index is 12.4. The molecule has 0 saturated heterocycles. The fraction of sp³-hybridized carbons (Fsp3) is 0.294. The summed E-state index contributed by atoms with van der Waals surface area (Å²) in [4.78, 5) is 48.7. The van der Waals surface area contributed by atoms with Crippen molar-refractivity contribution in [2.45, 2.75) is 13.0 Å². The normalized spacial score (nSPS) is 11.6. The maximum Gasteiger partial charge on any atom is 0.327 e. The van der Waals surface area contributed by atoms with Crippen molar-refractivity contribution in [1.29, 1.82) is 0 Å². The number of carbonyl (C=O) groups is 3. The molecule has 7 heteroatoms. The van der Waals surface area contributed by atoms with E-state index in [1.165, 1.54) is 39.5 Å². The quantitative estimate of drug-likeness (QED) is 0.783. The summed E-state index contributed by atoms with van der Waals surface area (Å²) in [5.74, 6) is -1.05. The summed E-state index contributed by atoms with van der Waals surface area (Å²) < 4.78 is 0. The summed E-state index contributed by atoms with van der Waals surface area (Å²) >= 11 is 0. The van der Waals surface area contributed by atoms with Crippen LogP contribution >= 0.6 is 0 Å². The van der Waals surface area contributed by atoms with Gasteiger partial charge >= 0.3 is 6.03 Å². The smallest absolute Gasteiger partial charge is 0.327 e. The van der Waals surface area contributed by atoms with Crippen molar-refractivity contribution in [3.05, 3.63) is 42.0 Å². The van der Waals surface area contributed by atoms with Crippen LogP contribution in [0.4, 0.5) is 4.79 Å². The Balaban J connectivity index is 2.90. The van der Waals surface area contributed by atoms with E-state index in [0.717, 1.165) is 15.4 Å². The average Bonchev–Trinajstić information content (AvgIpc) is 2.62. The number of hydrogen-bond donors (Lipinski definition) is 1. The molecule has 1 unspecified atom stereocenters. The Morgan fingerprint density at radius 1 is 1.25 bits per heavy atom. The first-order chi connectivity index (χ1) is 11.4. The minimum Gasteiger partial charge on any atom is -0.357 e. The molecular weight excluding hydrogens is 310 g/mol. The first kappa shape index (κ1) is 19.1. The van der Waals surface area contributed by atoms with Crippen LogP contribution in [-0.4, -0.2) is 60.6 Å². The highest BCUT2D eigenvalue weighted by molar-refractivity contribution is 6.04. The van der Waals surface area contributed by atoms with Gasteiger partial charge in [-0.2, -0.15) is 0 Å². The predicted octanol–water partition coefficient (Wildman–Crippen LogP) is 0.824. The molecule has 0 bridgehead atoms. The summed E-state index contributed by atoms with van der Waals surface area (Å²) in [5.41, 5.74) is 0.778. The Labute approximate surface area is 140 Å². The lowest BCUT2D eigenvalue weighted by Crippen LogP contribution is -2.52. The van der Waals surface area contributed by atoms with E-state index < -0.39 is 24.5 Å². The SMILES string of the molecule is CNC(=O)C(C)N(C)C(=O)N(C[C]=O)C(=O)/C=C/c1ccccc1. The van der Waals surface area contributed by atoms with Gasteiger partial charge in [-0.3, -0.25) is 19.3 Å². The van der Waals surface area contributed by atoms with E-state index >= 15 is 0 Å². The molecule has 0 heterocycles. The third kappa shape index (κ3) is 5.05. The van der Waals surface area contributed by atoms with Gasteiger partial charge < -0.3 is 10.2 Å². The Morgan fingerprint density at radius 2 is 1.88 bits per heavy atom. The fourth-order valence-electron chi connectivity index (χ4n) is 1.87. The molecule has 1 radical (unpaired) electrons. The van der Waals surface area contributed by atoms with Gasteiger partial charge in [-0.05, 0) is 18.6 Å². The van der Waals surface area contributed by atoms with Gasteiger partial charge in [0.25, 0.3) is 5.91 Å². The van der Waals surface area contributed by atoms with E-state index in [1.54, 1.807) is 12.1 Å². The third-order valence-corrected chi connectivity index (χ3v) is 3.45. The zero-order chi connectivity index (χ0) is 18.1. The van der Waals surface area contributed by atoms with Crippen molar-refractivity contribution in [3.63, 3.8) is 0 Å². The zero-order valence-electron chi connectivity index (χ0n) is 13.9. The highest BCUT2D eigenvalue weighted by Gasteiger charge is 2.28. The van der Waals surface area contributed by atoms with E-state index in [0.29, 0.717) is 0 Å². The molecule has 1 N–H and O–H groups in total.